The predicted octanol–water partition coefficient (Wildman–Crippen LogP) is 5.32. The van der Waals surface area contributed by atoms with E-state index in [-0.39, 0.29) is 17.5 Å². The SMILES string of the molecule is COc1ccc(C2=CC(c3ccc(Oc4ccccc4)cc3)=NC3C(C#N)C(SC)NN23)cc1OC. The van der Waals surface area contributed by atoms with E-state index in [1.807, 2.05) is 90.1 Å². The highest BCUT2D eigenvalue weighted by molar-refractivity contribution is 7.99. The summed E-state index contributed by atoms with van der Waals surface area (Å²) in [4.78, 5) is 5.00. The van der Waals surface area contributed by atoms with Crippen LogP contribution in [0.4, 0.5) is 0 Å². The van der Waals surface area contributed by atoms with Crippen LogP contribution in [0.15, 0.2) is 83.9 Å². The maximum absolute atomic E-state index is 9.98. The van der Waals surface area contributed by atoms with Crippen molar-refractivity contribution in [3.05, 3.63) is 90.0 Å². The molecule has 8 heteroatoms. The Labute approximate surface area is 215 Å². The van der Waals surface area contributed by atoms with Crippen molar-refractivity contribution in [3.63, 3.8) is 0 Å². The Morgan fingerprint density at radius 1 is 0.917 bits per heavy atom. The molecule has 36 heavy (non-hydrogen) atoms. The molecule has 1 saturated heterocycles. The molecule has 1 fully saturated rings. The molecular weight excluding hydrogens is 472 g/mol. The first kappa shape index (κ1) is 23.8. The minimum atomic E-state index is -0.365. The zero-order valence-electron chi connectivity index (χ0n) is 20.2. The molecule has 3 aromatic rings. The number of aliphatic imine (C=N–C) groups is 1. The second kappa shape index (κ2) is 10.4. The molecule has 0 amide bonds. The lowest BCUT2D eigenvalue weighted by atomic mass is 10.0. The number of nitrogens with one attached hydrogen (secondary N) is 1. The Kier molecular flexibility index (Phi) is 6.85. The van der Waals surface area contributed by atoms with E-state index in [2.05, 4.69) is 11.5 Å². The maximum Gasteiger partial charge on any atom is 0.161 e. The van der Waals surface area contributed by atoms with Gasteiger partial charge in [-0.3, -0.25) is 10.0 Å². The van der Waals surface area contributed by atoms with E-state index in [0.29, 0.717) is 11.5 Å². The number of nitrogens with zero attached hydrogens (tertiary/aromatic N) is 3. The Morgan fingerprint density at radius 3 is 2.28 bits per heavy atom. The molecule has 0 aliphatic carbocycles. The molecule has 182 valence electrons. The van der Waals surface area contributed by atoms with Crippen molar-refractivity contribution in [1.29, 1.82) is 5.26 Å². The average Bonchev–Trinajstić information content (AvgIpc) is 3.30. The third kappa shape index (κ3) is 4.51. The van der Waals surface area contributed by atoms with Crippen LogP contribution in [-0.4, -0.2) is 42.7 Å². The highest BCUT2D eigenvalue weighted by atomic mass is 32.2. The van der Waals surface area contributed by atoms with E-state index in [4.69, 9.17) is 19.2 Å². The Balaban J connectivity index is 1.53. The lowest BCUT2D eigenvalue weighted by Gasteiger charge is -2.31. The van der Waals surface area contributed by atoms with Gasteiger partial charge in [0.05, 0.1) is 37.1 Å². The summed E-state index contributed by atoms with van der Waals surface area (Å²) in [6.07, 6.45) is 3.67. The number of fused-ring (bicyclic) bond motifs is 1. The second-order valence-electron chi connectivity index (χ2n) is 8.28. The molecule has 0 aromatic heterocycles. The van der Waals surface area contributed by atoms with Gasteiger partial charge in [-0.05, 0) is 66.9 Å². The normalized spacial score (nSPS) is 20.6. The Hall–Kier alpha value is -3.93. The van der Waals surface area contributed by atoms with Gasteiger partial charge in [0.25, 0.3) is 0 Å². The Morgan fingerprint density at radius 2 is 1.61 bits per heavy atom. The number of thioether (sulfide) groups is 1. The van der Waals surface area contributed by atoms with Crippen LogP contribution < -0.4 is 19.6 Å². The summed E-state index contributed by atoms with van der Waals surface area (Å²) in [5, 5.41) is 11.9. The summed E-state index contributed by atoms with van der Waals surface area (Å²) in [7, 11) is 3.24. The first-order chi connectivity index (χ1) is 17.6. The van der Waals surface area contributed by atoms with Crippen molar-refractivity contribution in [2.75, 3.05) is 20.5 Å². The Bertz CT molecular complexity index is 1340. The number of allylic oxidation sites excluding steroid dienone is 1. The maximum atomic E-state index is 9.98. The van der Waals surface area contributed by atoms with E-state index in [0.717, 1.165) is 34.0 Å². The molecule has 1 N–H and O–H groups in total. The number of benzene rings is 3. The molecule has 2 aliphatic rings. The van der Waals surface area contributed by atoms with E-state index < -0.39 is 0 Å². The van der Waals surface area contributed by atoms with Crippen molar-refractivity contribution in [2.24, 2.45) is 10.9 Å². The molecule has 3 aromatic carbocycles. The number of ether oxygens (including phenoxy) is 3. The van der Waals surface area contributed by atoms with Crippen molar-refractivity contribution in [2.45, 2.75) is 11.5 Å². The van der Waals surface area contributed by atoms with Crippen molar-refractivity contribution < 1.29 is 14.2 Å². The molecule has 0 bridgehead atoms. The van der Waals surface area contributed by atoms with Crippen LogP contribution >= 0.6 is 11.8 Å². The van der Waals surface area contributed by atoms with Crippen LogP contribution in [0.1, 0.15) is 11.1 Å². The summed E-state index contributed by atoms with van der Waals surface area (Å²) in [5.74, 6) is 2.50. The van der Waals surface area contributed by atoms with Gasteiger partial charge in [0.15, 0.2) is 17.7 Å². The van der Waals surface area contributed by atoms with Crippen LogP contribution in [-0.2, 0) is 0 Å². The minimum Gasteiger partial charge on any atom is -0.493 e. The van der Waals surface area contributed by atoms with Crippen LogP contribution in [0.2, 0.25) is 0 Å². The number of methoxy groups -OCH3 is 2. The zero-order chi connectivity index (χ0) is 25.1. The predicted molar refractivity (Wildman–Crippen MR) is 142 cm³/mol. The average molecular weight is 499 g/mol. The van der Waals surface area contributed by atoms with E-state index in [9.17, 15) is 5.26 Å². The standard InChI is InChI=1S/C28H26N4O3S/c1-33-25-14-11-19(15-26(25)34-2)24-16-23(30-27-22(17-29)28(36-3)31-32(24)27)18-9-12-21(13-10-18)35-20-7-5-4-6-8-20/h4-16,22,27-28,31H,1-3H3. The van der Waals surface area contributed by atoms with Crippen LogP contribution in [0.25, 0.3) is 5.70 Å². The number of nitriles is 1. The van der Waals surface area contributed by atoms with Gasteiger partial charge in [-0.15, -0.1) is 11.8 Å². The quantitative estimate of drug-likeness (QED) is 0.473. The summed E-state index contributed by atoms with van der Waals surface area (Å²) in [5.41, 5.74) is 7.06. The molecule has 0 radical (unpaired) electrons. The fraction of sp³-hybridized carbons (Fsp3) is 0.214. The highest BCUT2D eigenvalue weighted by Gasteiger charge is 2.44. The number of rotatable bonds is 7. The molecule has 0 saturated carbocycles. The molecule has 3 atom stereocenters. The van der Waals surface area contributed by atoms with Gasteiger partial charge in [-0.25, -0.2) is 5.43 Å². The molecular formula is C28H26N4O3S. The monoisotopic (exact) mass is 498 g/mol. The summed E-state index contributed by atoms with van der Waals surface area (Å²) >= 11 is 1.61. The van der Waals surface area contributed by atoms with Crippen LogP contribution in [0.5, 0.6) is 23.0 Å². The lowest BCUT2D eigenvalue weighted by molar-refractivity contribution is 0.286. The van der Waals surface area contributed by atoms with Crippen molar-refractivity contribution >= 4 is 23.2 Å². The number of hydrogen-bond donors (Lipinski definition) is 1. The van der Waals surface area contributed by atoms with Crippen LogP contribution in [0, 0.1) is 17.2 Å². The van der Waals surface area contributed by atoms with Gasteiger partial charge < -0.3 is 14.2 Å². The van der Waals surface area contributed by atoms with E-state index >= 15 is 0 Å². The van der Waals surface area contributed by atoms with Crippen molar-refractivity contribution in [1.82, 2.24) is 10.4 Å². The molecule has 5 rings (SSSR count). The van der Waals surface area contributed by atoms with Gasteiger partial charge in [-0.2, -0.15) is 5.26 Å². The third-order valence-electron chi connectivity index (χ3n) is 6.19. The van der Waals surface area contributed by atoms with Gasteiger partial charge in [0, 0.05) is 11.1 Å². The fourth-order valence-corrected chi connectivity index (χ4v) is 5.08. The zero-order valence-corrected chi connectivity index (χ0v) is 21.0. The second-order valence-corrected chi connectivity index (χ2v) is 9.26. The lowest BCUT2D eigenvalue weighted by Crippen LogP contribution is -2.39. The van der Waals surface area contributed by atoms with Crippen LogP contribution in [0.3, 0.4) is 0 Å². The van der Waals surface area contributed by atoms with E-state index in [1.54, 1.807) is 26.0 Å². The molecule has 0 spiro atoms. The smallest absolute Gasteiger partial charge is 0.161 e. The molecule has 7 nitrogen and oxygen atoms in total. The minimum absolute atomic E-state index is 0.0757. The topological polar surface area (TPSA) is 79.1 Å². The largest absolute Gasteiger partial charge is 0.493 e. The highest BCUT2D eigenvalue weighted by Crippen LogP contribution is 2.39. The summed E-state index contributed by atoms with van der Waals surface area (Å²) < 4.78 is 16.9. The van der Waals surface area contributed by atoms with Gasteiger partial charge in [-0.1, -0.05) is 18.2 Å². The number of hydrogen-bond acceptors (Lipinski definition) is 8. The molecule has 2 heterocycles. The third-order valence-corrected chi connectivity index (χ3v) is 7.10. The molecule has 3 unspecified atom stereocenters. The summed E-state index contributed by atoms with van der Waals surface area (Å²) in [6, 6.07) is 25.8. The first-order valence-corrected chi connectivity index (χ1v) is 12.8. The first-order valence-electron chi connectivity index (χ1n) is 11.5. The number of para-hydroxylation sites is 1. The van der Waals surface area contributed by atoms with E-state index in [1.165, 1.54) is 0 Å². The fourth-order valence-electron chi connectivity index (χ4n) is 4.37. The molecule has 2 aliphatic heterocycles. The summed E-state index contributed by atoms with van der Waals surface area (Å²) in [6.45, 7) is 0. The van der Waals surface area contributed by atoms with Gasteiger partial charge in [0.1, 0.15) is 17.4 Å². The van der Waals surface area contributed by atoms with Gasteiger partial charge >= 0.3 is 0 Å². The van der Waals surface area contributed by atoms with Gasteiger partial charge in [0.2, 0.25) is 0 Å². The van der Waals surface area contributed by atoms with Crippen molar-refractivity contribution in [3.8, 4) is 29.1 Å². The number of hydrazine groups is 1.